The molecule has 0 radical (unpaired) electrons. The van der Waals surface area contributed by atoms with E-state index in [4.69, 9.17) is 14.2 Å². The molecule has 6 heteroatoms. The first-order valence-electron chi connectivity index (χ1n) is 30.8. The van der Waals surface area contributed by atoms with Crippen molar-refractivity contribution in [3.63, 3.8) is 0 Å². The molecule has 0 bridgehead atoms. The topological polar surface area (TPSA) is 78.9 Å². The molecule has 0 aromatic carbocycles. The van der Waals surface area contributed by atoms with Crippen LogP contribution in [0.4, 0.5) is 0 Å². The highest BCUT2D eigenvalue weighted by molar-refractivity contribution is 5.71. The van der Waals surface area contributed by atoms with Gasteiger partial charge in [-0.05, 0) is 141 Å². The average Bonchev–Trinajstić information content (AvgIpc) is 3.42. The Kier molecular flexibility index (Phi) is 58.9. The lowest BCUT2D eigenvalue weighted by Crippen LogP contribution is -2.30. The maximum absolute atomic E-state index is 12.9. The Balaban J connectivity index is 4.37. The van der Waals surface area contributed by atoms with Crippen LogP contribution in [0.2, 0.25) is 0 Å². The van der Waals surface area contributed by atoms with E-state index in [1.807, 2.05) is 0 Å². The van der Waals surface area contributed by atoms with Gasteiger partial charge in [0.05, 0.1) is 0 Å². The van der Waals surface area contributed by atoms with Crippen LogP contribution in [0.1, 0.15) is 258 Å². The Morgan fingerprint density at radius 2 is 0.539 bits per heavy atom. The molecule has 6 nitrogen and oxygen atoms in total. The number of carbonyl (C=O) groups excluding carboxylic acids is 3. The van der Waals surface area contributed by atoms with E-state index in [1.165, 1.54) is 51.4 Å². The van der Waals surface area contributed by atoms with Gasteiger partial charge in [-0.15, -0.1) is 0 Å². The second kappa shape index (κ2) is 62.8. The van der Waals surface area contributed by atoms with Crippen molar-refractivity contribution >= 4 is 17.9 Å². The van der Waals surface area contributed by atoms with Crippen molar-refractivity contribution in [1.82, 2.24) is 0 Å². The first kappa shape index (κ1) is 71.3. The second-order valence-corrected chi connectivity index (χ2v) is 19.9. The molecule has 0 rings (SSSR count). The Bertz CT molecular complexity index is 1680. The second-order valence-electron chi connectivity index (χ2n) is 19.9. The maximum atomic E-state index is 12.9. The minimum atomic E-state index is -0.805. The summed E-state index contributed by atoms with van der Waals surface area (Å²) in [6.07, 6.45) is 89.9. The molecule has 1 atom stereocenters. The Hall–Kier alpha value is -4.71. The SMILES string of the molecule is CC/C=C\C/C=C\C/C=C\C/C=C\C/C=C\C/C=C\C/C=C\C/C=C\CCCCCCC(=O)OCC(COC(=O)CCCCCCC/C=C\CCC)OC(=O)CCCCCCCC/C=C\C/C=C\C/C=C\CCCCC. The van der Waals surface area contributed by atoms with E-state index >= 15 is 0 Å². The molecule has 0 aliphatic rings. The summed E-state index contributed by atoms with van der Waals surface area (Å²) in [5.74, 6) is -0.954. The summed E-state index contributed by atoms with van der Waals surface area (Å²) in [5.41, 5.74) is 0. The Morgan fingerprint density at radius 1 is 0.276 bits per heavy atom. The first-order chi connectivity index (χ1) is 37.5. The van der Waals surface area contributed by atoms with Crippen LogP contribution in [0.5, 0.6) is 0 Å². The monoisotopic (exact) mass is 1050 g/mol. The zero-order valence-corrected chi connectivity index (χ0v) is 49.0. The lowest BCUT2D eigenvalue weighted by molar-refractivity contribution is -0.167. The van der Waals surface area contributed by atoms with E-state index < -0.39 is 6.10 Å². The fourth-order valence-corrected chi connectivity index (χ4v) is 7.94. The third-order valence-electron chi connectivity index (χ3n) is 12.5. The molecule has 428 valence electrons. The Labute approximate surface area is 467 Å². The summed E-state index contributed by atoms with van der Waals surface area (Å²) in [6.45, 7) is 6.39. The summed E-state index contributed by atoms with van der Waals surface area (Å²) in [5, 5.41) is 0. The van der Waals surface area contributed by atoms with Gasteiger partial charge in [0.25, 0.3) is 0 Å². The van der Waals surface area contributed by atoms with Crippen molar-refractivity contribution < 1.29 is 28.6 Å². The maximum Gasteiger partial charge on any atom is 0.306 e. The van der Waals surface area contributed by atoms with Crippen LogP contribution in [0, 0.1) is 0 Å². The number of rotatable bonds is 54. The van der Waals surface area contributed by atoms with Crippen LogP contribution in [-0.4, -0.2) is 37.2 Å². The lowest BCUT2D eigenvalue weighted by Gasteiger charge is -2.18. The number of hydrogen-bond acceptors (Lipinski definition) is 6. The highest BCUT2D eigenvalue weighted by Crippen LogP contribution is 2.14. The zero-order valence-electron chi connectivity index (χ0n) is 49.0. The molecule has 0 aromatic heterocycles. The zero-order chi connectivity index (χ0) is 55.0. The summed E-state index contributed by atoms with van der Waals surface area (Å²) in [7, 11) is 0. The molecule has 0 saturated carbocycles. The van der Waals surface area contributed by atoms with Gasteiger partial charge < -0.3 is 14.2 Å². The molecular formula is C70H112O6. The van der Waals surface area contributed by atoms with Crippen molar-refractivity contribution in [2.24, 2.45) is 0 Å². The molecule has 0 spiro atoms. The van der Waals surface area contributed by atoms with E-state index in [9.17, 15) is 14.4 Å². The third-order valence-corrected chi connectivity index (χ3v) is 12.5. The van der Waals surface area contributed by atoms with Crippen molar-refractivity contribution in [3.8, 4) is 0 Å². The van der Waals surface area contributed by atoms with Gasteiger partial charge in [0.15, 0.2) is 6.10 Å². The molecule has 0 aliphatic heterocycles. The molecular weight excluding hydrogens is 937 g/mol. The van der Waals surface area contributed by atoms with Crippen molar-refractivity contribution in [1.29, 1.82) is 0 Å². The summed E-state index contributed by atoms with van der Waals surface area (Å²) < 4.78 is 16.8. The van der Waals surface area contributed by atoms with Crippen LogP contribution in [0.15, 0.2) is 146 Å². The number of unbranched alkanes of at least 4 members (excludes halogenated alkanes) is 19. The van der Waals surface area contributed by atoms with E-state index in [-0.39, 0.29) is 31.1 Å². The highest BCUT2D eigenvalue weighted by atomic mass is 16.6. The standard InChI is InChI=1S/C70H112O6/c1-4-7-10-13-16-19-22-24-26-28-30-31-32-33-34-35-36-37-38-39-41-42-44-46-48-51-54-57-60-63-69(72)75-66-67(65-74-68(71)62-59-56-53-50-21-18-15-12-9-6-3)76-70(73)64-61-58-55-52-49-47-45-43-40-29-27-25-23-20-17-14-11-8-5-2/h7,10,12,15-17,19-20,24-27,30-31,33-34,36-37,39-41,43-44,46,67H,4-6,8-9,11,13-14,18,21-23,28-29,32,35,38,42,45,47-66H2,1-3H3/b10-7-,15-12-,19-16-,20-17-,26-24-,27-25-,31-30-,34-33-,37-36-,41-39-,43-40-,46-44-. The summed E-state index contributed by atoms with van der Waals surface area (Å²) in [4.78, 5) is 38.2. The largest absolute Gasteiger partial charge is 0.462 e. The van der Waals surface area contributed by atoms with Gasteiger partial charge in [0.2, 0.25) is 0 Å². The number of esters is 3. The molecule has 0 aliphatic carbocycles. The van der Waals surface area contributed by atoms with Gasteiger partial charge in [-0.1, -0.05) is 244 Å². The van der Waals surface area contributed by atoms with Crippen LogP contribution in [-0.2, 0) is 28.6 Å². The summed E-state index contributed by atoms with van der Waals surface area (Å²) in [6, 6.07) is 0. The van der Waals surface area contributed by atoms with Crippen LogP contribution >= 0.6 is 0 Å². The van der Waals surface area contributed by atoms with Gasteiger partial charge in [0, 0.05) is 19.3 Å². The van der Waals surface area contributed by atoms with Crippen LogP contribution < -0.4 is 0 Å². The average molecular weight is 1050 g/mol. The van der Waals surface area contributed by atoms with E-state index in [2.05, 4.69) is 167 Å². The smallest absolute Gasteiger partial charge is 0.306 e. The van der Waals surface area contributed by atoms with Gasteiger partial charge in [-0.3, -0.25) is 14.4 Å². The van der Waals surface area contributed by atoms with Gasteiger partial charge in [-0.2, -0.15) is 0 Å². The van der Waals surface area contributed by atoms with Gasteiger partial charge in [-0.25, -0.2) is 0 Å². The molecule has 0 heterocycles. The quantitative estimate of drug-likeness (QED) is 0.0261. The number of hydrogen-bond donors (Lipinski definition) is 0. The fourth-order valence-electron chi connectivity index (χ4n) is 7.94. The minimum absolute atomic E-state index is 0.101. The molecule has 0 fully saturated rings. The predicted octanol–water partition coefficient (Wildman–Crippen LogP) is 21.2. The number of carbonyl (C=O) groups is 3. The van der Waals surface area contributed by atoms with E-state index in [0.29, 0.717) is 19.3 Å². The predicted molar refractivity (Wildman–Crippen MR) is 329 cm³/mol. The number of ether oxygens (including phenoxy) is 3. The normalized spacial score (nSPS) is 13.1. The van der Waals surface area contributed by atoms with E-state index in [0.717, 1.165) is 167 Å². The van der Waals surface area contributed by atoms with Crippen molar-refractivity contribution in [3.05, 3.63) is 146 Å². The fraction of sp³-hybridized carbons (Fsp3) is 0.614. The molecule has 0 aromatic rings. The molecule has 0 saturated heterocycles. The summed E-state index contributed by atoms with van der Waals surface area (Å²) >= 11 is 0. The van der Waals surface area contributed by atoms with Crippen molar-refractivity contribution in [2.45, 2.75) is 264 Å². The lowest BCUT2D eigenvalue weighted by atomic mass is 10.1. The molecule has 0 N–H and O–H groups in total. The highest BCUT2D eigenvalue weighted by Gasteiger charge is 2.19. The van der Waals surface area contributed by atoms with Crippen molar-refractivity contribution in [2.75, 3.05) is 13.2 Å². The van der Waals surface area contributed by atoms with Crippen LogP contribution in [0.3, 0.4) is 0 Å². The van der Waals surface area contributed by atoms with Gasteiger partial charge >= 0.3 is 17.9 Å². The molecule has 0 amide bonds. The molecule has 76 heavy (non-hydrogen) atoms. The number of allylic oxidation sites excluding steroid dienone is 24. The van der Waals surface area contributed by atoms with E-state index in [1.54, 1.807) is 0 Å². The minimum Gasteiger partial charge on any atom is -0.462 e. The van der Waals surface area contributed by atoms with Gasteiger partial charge in [0.1, 0.15) is 13.2 Å². The third kappa shape index (κ3) is 60.2. The molecule has 1 unspecified atom stereocenters. The first-order valence-corrected chi connectivity index (χ1v) is 30.8. The van der Waals surface area contributed by atoms with Crippen LogP contribution in [0.25, 0.3) is 0 Å². The Morgan fingerprint density at radius 3 is 0.868 bits per heavy atom.